The molecule has 0 aliphatic carbocycles. The molecule has 1 heterocycles. The zero-order valence-corrected chi connectivity index (χ0v) is 12.6. The minimum absolute atomic E-state index is 0.108. The molecule has 3 N–H and O–H groups in total. The maximum absolute atomic E-state index is 12.4. The van der Waals surface area contributed by atoms with Gasteiger partial charge in [-0.05, 0) is 30.3 Å². The van der Waals surface area contributed by atoms with Gasteiger partial charge in [0.05, 0.1) is 16.8 Å². The number of Topliss-reactive ketones (excluding diaryl/α,β-unsaturated/α-hetero) is 1. The lowest BCUT2D eigenvalue weighted by Gasteiger charge is -2.12. The Morgan fingerprint density at radius 3 is 2.58 bits per heavy atom. The summed E-state index contributed by atoms with van der Waals surface area (Å²) in [6.45, 7) is 1.38. The van der Waals surface area contributed by atoms with Gasteiger partial charge in [0.2, 0.25) is 5.82 Å². The Labute approximate surface area is 136 Å². The number of tetrazole rings is 1. The number of nitrogens with one attached hydrogen (secondary N) is 2. The van der Waals surface area contributed by atoms with Crippen molar-refractivity contribution in [2.45, 2.75) is 6.92 Å². The van der Waals surface area contributed by atoms with Crippen LogP contribution in [0, 0.1) is 0 Å². The van der Waals surface area contributed by atoms with Gasteiger partial charge in [0.1, 0.15) is 5.75 Å². The number of amides is 1. The molecule has 0 aliphatic heterocycles. The van der Waals surface area contributed by atoms with E-state index in [0.717, 1.165) is 0 Å². The van der Waals surface area contributed by atoms with Gasteiger partial charge in [-0.3, -0.25) is 9.59 Å². The number of phenolic OH excluding ortho intramolecular Hbond substituents is 1. The number of carbonyl (C=O) groups excluding carboxylic acids is 2. The molecule has 0 spiro atoms. The van der Waals surface area contributed by atoms with Crippen LogP contribution < -0.4 is 5.32 Å². The number of aromatic hydroxyl groups is 1. The van der Waals surface area contributed by atoms with Crippen LogP contribution in [0.4, 0.5) is 5.69 Å². The van der Waals surface area contributed by atoms with Crippen LogP contribution in [0.1, 0.15) is 27.6 Å². The van der Waals surface area contributed by atoms with Gasteiger partial charge in [0.15, 0.2) is 5.78 Å². The Hall–Kier alpha value is -3.55. The SMILES string of the molecule is CC(=O)c1c(NC(=O)c2ccccc2O)cccc1-c1nn[nH]n1. The minimum atomic E-state index is -0.527. The van der Waals surface area contributed by atoms with E-state index in [4.69, 9.17) is 0 Å². The first-order chi connectivity index (χ1) is 11.6. The molecule has 120 valence electrons. The molecular weight excluding hydrogens is 310 g/mol. The largest absolute Gasteiger partial charge is 0.507 e. The summed E-state index contributed by atoms with van der Waals surface area (Å²) in [6, 6.07) is 11.1. The van der Waals surface area contributed by atoms with E-state index in [1.165, 1.54) is 19.1 Å². The van der Waals surface area contributed by atoms with Crippen molar-refractivity contribution in [1.82, 2.24) is 20.6 Å². The number of ketones is 1. The Morgan fingerprint density at radius 2 is 1.92 bits per heavy atom. The Morgan fingerprint density at radius 1 is 1.12 bits per heavy atom. The summed E-state index contributed by atoms with van der Waals surface area (Å²) in [5.74, 6) is -0.684. The van der Waals surface area contributed by atoms with E-state index in [-0.39, 0.29) is 28.5 Å². The first-order valence-corrected chi connectivity index (χ1v) is 7.05. The van der Waals surface area contributed by atoms with Gasteiger partial charge < -0.3 is 10.4 Å². The number of anilines is 1. The standard InChI is InChI=1S/C16H13N5O3/c1-9(22)14-11(15-18-20-21-19-15)6-4-7-12(14)17-16(24)10-5-2-3-8-13(10)23/h2-8,23H,1H3,(H,17,24)(H,18,19,20,21). The zero-order chi connectivity index (χ0) is 17.1. The number of hydrogen-bond acceptors (Lipinski definition) is 6. The number of aromatic amines is 1. The van der Waals surface area contributed by atoms with Gasteiger partial charge in [-0.1, -0.05) is 24.3 Å². The fourth-order valence-corrected chi connectivity index (χ4v) is 2.35. The lowest BCUT2D eigenvalue weighted by Crippen LogP contribution is -2.15. The quantitative estimate of drug-likeness (QED) is 0.632. The second kappa shape index (κ2) is 6.29. The van der Waals surface area contributed by atoms with Crippen molar-refractivity contribution < 1.29 is 14.7 Å². The maximum atomic E-state index is 12.4. The number of benzene rings is 2. The van der Waals surface area contributed by atoms with Crippen molar-refractivity contribution in [3.8, 4) is 17.1 Å². The maximum Gasteiger partial charge on any atom is 0.259 e. The Balaban J connectivity index is 2.03. The number of aromatic nitrogens is 4. The van der Waals surface area contributed by atoms with Crippen molar-refractivity contribution in [3.05, 3.63) is 53.6 Å². The summed E-state index contributed by atoms with van der Waals surface area (Å²) < 4.78 is 0. The molecule has 8 nitrogen and oxygen atoms in total. The van der Waals surface area contributed by atoms with Crippen molar-refractivity contribution >= 4 is 17.4 Å². The Bertz CT molecular complexity index is 906. The van der Waals surface area contributed by atoms with E-state index in [0.29, 0.717) is 11.3 Å². The van der Waals surface area contributed by atoms with Crippen molar-refractivity contribution in [1.29, 1.82) is 0 Å². The highest BCUT2D eigenvalue weighted by molar-refractivity contribution is 6.12. The number of phenols is 1. The minimum Gasteiger partial charge on any atom is -0.507 e. The molecule has 1 amide bonds. The smallest absolute Gasteiger partial charge is 0.259 e. The molecule has 3 aromatic rings. The zero-order valence-electron chi connectivity index (χ0n) is 12.6. The second-order valence-corrected chi connectivity index (χ2v) is 4.99. The molecule has 1 aromatic heterocycles. The van der Waals surface area contributed by atoms with Crippen LogP contribution in [-0.2, 0) is 0 Å². The van der Waals surface area contributed by atoms with Gasteiger partial charge in [-0.2, -0.15) is 5.21 Å². The fourth-order valence-electron chi connectivity index (χ4n) is 2.35. The van der Waals surface area contributed by atoms with Gasteiger partial charge in [0.25, 0.3) is 5.91 Å². The average molecular weight is 323 g/mol. The predicted octanol–water partition coefficient (Wildman–Crippen LogP) is 2.03. The Kier molecular flexibility index (Phi) is 4.02. The number of rotatable bonds is 4. The van der Waals surface area contributed by atoms with Gasteiger partial charge in [0, 0.05) is 5.56 Å². The van der Waals surface area contributed by atoms with Gasteiger partial charge >= 0.3 is 0 Å². The first kappa shape index (κ1) is 15.3. The second-order valence-electron chi connectivity index (χ2n) is 4.99. The summed E-state index contributed by atoms with van der Waals surface area (Å²) in [6.07, 6.45) is 0. The average Bonchev–Trinajstić information content (AvgIpc) is 3.09. The molecule has 3 rings (SSSR count). The third kappa shape index (κ3) is 2.84. The molecule has 0 unspecified atom stereocenters. The molecular formula is C16H13N5O3. The number of nitrogens with zero attached hydrogens (tertiary/aromatic N) is 3. The summed E-state index contributed by atoms with van der Waals surface area (Å²) >= 11 is 0. The van der Waals surface area contributed by atoms with E-state index in [9.17, 15) is 14.7 Å². The molecule has 0 fully saturated rings. The van der Waals surface area contributed by atoms with Crippen LogP contribution >= 0.6 is 0 Å². The molecule has 0 saturated heterocycles. The van der Waals surface area contributed by atoms with Crippen LogP contribution in [0.15, 0.2) is 42.5 Å². The third-order valence-corrected chi connectivity index (χ3v) is 3.40. The molecule has 0 saturated carbocycles. The van der Waals surface area contributed by atoms with Gasteiger partial charge in [-0.15, -0.1) is 10.2 Å². The number of H-pyrrole nitrogens is 1. The summed E-state index contributed by atoms with van der Waals surface area (Å²) in [4.78, 5) is 24.5. The van der Waals surface area contributed by atoms with Crippen LogP contribution in [0.3, 0.4) is 0 Å². The third-order valence-electron chi connectivity index (χ3n) is 3.40. The highest BCUT2D eigenvalue weighted by Gasteiger charge is 2.19. The molecule has 2 aromatic carbocycles. The molecule has 24 heavy (non-hydrogen) atoms. The fraction of sp³-hybridized carbons (Fsp3) is 0.0625. The lowest BCUT2D eigenvalue weighted by atomic mass is 10.0. The predicted molar refractivity (Wildman–Crippen MR) is 85.7 cm³/mol. The number of hydrogen-bond donors (Lipinski definition) is 3. The highest BCUT2D eigenvalue weighted by atomic mass is 16.3. The van der Waals surface area contributed by atoms with E-state index in [1.54, 1.807) is 30.3 Å². The van der Waals surface area contributed by atoms with Crippen molar-refractivity contribution in [3.63, 3.8) is 0 Å². The summed E-state index contributed by atoms with van der Waals surface area (Å²) in [5, 5.41) is 26.0. The van der Waals surface area contributed by atoms with Crippen molar-refractivity contribution in [2.75, 3.05) is 5.32 Å². The van der Waals surface area contributed by atoms with Gasteiger partial charge in [-0.25, -0.2) is 0 Å². The van der Waals surface area contributed by atoms with E-state index in [2.05, 4.69) is 25.9 Å². The van der Waals surface area contributed by atoms with E-state index in [1.807, 2.05) is 0 Å². The number of carbonyl (C=O) groups is 2. The molecule has 0 bridgehead atoms. The topological polar surface area (TPSA) is 121 Å². The monoisotopic (exact) mass is 323 g/mol. The van der Waals surface area contributed by atoms with E-state index >= 15 is 0 Å². The van der Waals surface area contributed by atoms with Crippen LogP contribution in [0.2, 0.25) is 0 Å². The lowest BCUT2D eigenvalue weighted by molar-refractivity contribution is 0.101. The highest BCUT2D eigenvalue weighted by Crippen LogP contribution is 2.28. The first-order valence-electron chi connectivity index (χ1n) is 7.05. The summed E-state index contributed by atoms with van der Waals surface area (Å²) in [7, 11) is 0. The van der Waals surface area contributed by atoms with Crippen LogP contribution in [0.5, 0.6) is 5.75 Å². The number of para-hydroxylation sites is 1. The molecule has 0 aliphatic rings. The van der Waals surface area contributed by atoms with Crippen molar-refractivity contribution in [2.24, 2.45) is 0 Å². The summed E-state index contributed by atoms with van der Waals surface area (Å²) in [5.41, 5.74) is 1.13. The molecule has 0 atom stereocenters. The van der Waals surface area contributed by atoms with Crippen LogP contribution in [-0.4, -0.2) is 37.4 Å². The van der Waals surface area contributed by atoms with Crippen LogP contribution in [0.25, 0.3) is 11.4 Å². The molecule has 0 radical (unpaired) electrons. The molecule has 8 heteroatoms. The normalized spacial score (nSPS) is 10.4. The van der Waals surface area contributed by atoms with E-state index < -0.39 is 5.91 Å².